The van der Waals surface area contributed by atoms with Crippen molar-refractivity contribution < 1.29 is 24.2 Å². The summed E-state index contributed by atoms with van der Waals surface area (Å²) in [6.45, 7) is 4.27. The van der Waals surface area contributed by atoms with Crippen LogP contribution in [-0.2, 0) is 19.1 Å². The smallest absolute Gasteiger partial charge is 0.305 e. The molecular formula is C14H23NO5. The summed E-state index contributed by atoms with van der Waals surface area (Å²) in [4.78, 5) is 24.7. The van der Waals surface area contributed by atoms with E-state index in [2.05, 4.69) is 0 Å². The molecule has 0 aromatic rings. The summed E-state index contributed by atoms with van der Waals surface area (Å²) in [5, 5.41) is 8.56. The van der Waals surface area contributed by atoms with Gasteiger partial charge in [-0.05, 0) is 26.2 Å². The van der Waals surface area contributed by atoms with Crippen LogP contribution >= 0.6 is 0 Å². The standard InChI is InChI=1S/C14H23NO5/c1-10-12(4-8-19-10)14(18)15-6-2-11(3-7-15)20-9-5-13(16)17/h10-12H,2-9H2,1H3,(H,16,17). The van der Waals surface area contributed by atoms with Crippen LogP contribution in [-0.4, -0.2) is 60.4 Å². The van der Waals surface area contributed by atoms with Gasteiger partial charge in [-0.2, -0.15) is 0 Å². The van der Waals surface area contributed by atoms with Gasteiger partial charge in [0.05, 0.1) is 31.2 Å². The van der Waals surface area contributed by atoms with E-state index in [9.17, 15) is 9.59 Å². The summed E-state index contributed by atoms with van der Waals surface area (Å²) in [6, 6.07) is 0. The van der Waals surface area contributed by atoms with Gasteiger partial charge in [0.15, 0.2) is 0 Å². The van der Waals surface area contributed by atoms with Crippen molar-refractivity contribution in [3.05, 3.63) is 0 Å². The molecule has 2 atom stereocenters. The van der Waals surface area contributed by atoms with E-state index in [0.717, 1.165) is 19.3 Å². The minimum absolute atomic E-state index is 0.000483. The Labute approximate surface area is 119 Å². The van der Waals surface area contributed by atoms with E-state index in [0.29, 0.717) is 19.7 Å². The number of carbonyl (C=O) groups is 2. The number of hydrogen-bond acceptors (Lipinski definition) is 4. The summed E-state index contributed by atoms with van der Waals surface area (Å²) < 4.78 is 11.0. The topological polar surface area (TPSA) is 76.1 Å². The second kappa shape index (κ2) is 7.04. The molecule has 2 aliphatic rings. The third kappa shape index (κ3) is 3.93. The molecule has 2 aliphatic heterocycles. The van der Waals surface area contributed by atoms with Crippen LogP contribution in [0.3, 0.4) is 0 Å². The molecule has 0 aromatic carbocycles. The fourth-order valence-electron chi connectivity index (χ4n) is 2.85. The molecule has 2 saturated heterocycles. The number of piperidine rings is 1. The van der Waals surface area contributed by atoms with Crippen LogP contribution in [0.2, 0.25) is 0 Å². The normalized spacial score (nSPS) is 27.8. The van der Waals surface area contributed by atoms with Crippen LogP contribution in [0.1, 0.15) is 32.6 Å². The number of carbonyl (C=O) groups excluding carboxylic acids is 1. The Morgan fingerprint density at radius 1 is 1.30 bits per heavy atom. The molecule has 114 valence electrons. The van der Waals surface area contributed by atoms with Crippen molar-refractivity contribution in [2.24, 2.45) is 5.92 Å². The van der Waals surface area contributed by atoms with Gasteiger partial charge in [0.2, 0.25) is 5.91 Å². The van der Waals surface area contributed by atoms with Gasteiger partial charge in [-0.25, -0.2) is 0 Å². The molecular weight excluding hydrogens is 262 g/mol. The van der Waals surface area contributed by atoms with Gasteiger partial charge >= 0.3 is 5.97 Å². The molecule has 20 heavy (non-hydrogen) atoms. The first kappa shape index (κ1) is 15.3. The minimum Gasteiger partial charge on any atom is -0.481 e. The van der Waals surface area contributed by atoms with Crippen LogP contribution in [0.15, 0.2) is 0 Å². The van der Waals surface area contributed by atoms with Gasteiger partial charge in [-0.1, -0.05) is 0 Å². The SMILES string of the molecule is CC1OCCC1C(=O)N1CCC(OCCC(=O)O)CC1. The van der Waals surface area contributed by atoms with Crippen molar-refractivity contribution in [3.63, 3.8) is 0 Å². The number of carboxylic acid groups (broad SMARTS) is 1. The maximum Gasteiger partial charge on any atom is 0.305 e. The maximum absolute atomic E-state index is 12.3. The number of rotatable bonds is 5. The van der Waals surface area contributed by atoms with E-state index >= 15 is 0 Å². The first-order valence-electron chi connectivity index (χ1n) is 7.31. The Morgan fingerprint density at radius 3 is 2.55 bits per heavy atom. The quantitative estimate of drug-likeness (QED) is 0.812. The van der Waals surface area contributed by atoms with Crippen molar-refractivity contribution in [3.8, 4) is 0 Å². The predicted molar refractivity (Wildman–Crippen MR) is 71.3 cm³/mol. The monoisotopic (exact) mass is 285 g/mol. The molecule has 2 heterocycles. The third-order valence-corrected chi connectivity index (χ3v) is 4.12. The number of aliphatic carboxylic acids is 1. The first-order valence-corrected chi connectivity index (χ1v) is 7.31. The van der Waals surface area contributed by atoms with Crippen molar-refractivity contribution in [1.29, 1.82) is 0 Å². The van der Waals surface area contributed by atoms with Gasteiger partial charge in [-0.3, -0.25) is 9.59 Å². The molecule has 0 aromatic heterocycles. The molecule has 1 amide bonds. The molecule has 1 N–H and O–H groups in total. The number of likely N-dealkylation sites (tertiary alicyclic amines) is 1. The zero-order valence-corrected chi connectivity index (χ0v) is 11.9. The lowest BCUT2D eigenvalue weighted by atomic mass is 9.99. The Morgan fingerprint density at radius 2 is 2.00 bits per heavy atom. The number of ether oxygens (including phenoxy) is 2. The fraction of sp³-hybridized carbons (Fsp3) is 0.857. The van der Waals surface area contributed by atoms with Crippen LogP contribution in [0.4, 0.5) is 0 Å². The summed E-state index contributed by atoms with van der Waals surface area (Å²) in [6.07, 6.45) is 2.52. The lowest BCUT2D eigenvalue weighted by Crippen LogP contribution is -2.45. The van der Waals surface area contributed by atoms with Crippen molar-refractivity contribution in [2.75, 3.05) is 26.3 Å². The fourth-order valence-corrected chi connectivity index (χ4v) is 2.85. The maximum atomic E-state index is 12.3. The predicted octanol–water partition coefficient (Wildman–Crippen LogP) is 0.894. The molecule has 0 aliphatic carbocycles. The Balaban J connectivity index is 1.71. The number of hydrogen-bond donors (Lipinski definition) is 1. The van der Waals surface area contributed by atoms with E-state index in [-0.39, 0.29) is 37.1 Å². The number of carboxylic acids is 1. The highest BCUT2D eigenvalue weighted by atomic mass is 16.5. The van der Waals surface area contributed by atoms with Gasteiger partial charge in [0.25, 0.3) is 0 Å². The first-order chi connectivity index (χ1) is 9.58. The minimum atomic E-state index is -0.840. The largest absolute Gasteiger partial charge is 0.481 e. The van der Waals surface area contributed by atoms with Gasteiger partial charge in [0.1, 0.15) is 0 Å². The van der Waals surface area contributed by atoms with Crippen LogP contribution in [0.25, 0.3) is 0 Å². The second-order valence-corrected chi connectivity index (χ2v) is 5.51. The van der Waals surface area contributed by atoms with Crippen LogP contribution in [0, 0.1) is 5.92 Å². The summed E-state index contributed by atoms with van der Waals surface area (Å²) in [5.41, 5.74) is 0. The molecule has 0 bridgehead atoms. The van der Waals surface area contributed by atoms with Crippen molar-refractivity contribution in [2.45, 2.75) is 44.8 Å². The zero-order valence-electron chi connectivity index (χ0n) is 11.9. The Kier molecular flexibility index (Phi) is 5.37. The lowest BCUT2D eigenvalue weighted by molar-refractivity contribution is -0.140. The van der Waals surface area contributed by atoms with E-state index in [1.165, 1.54) is 0 Å². The molecule has 2 rings (SSSR count). The number of nitrogens with zero attached hydrogens (tertiary/aromatic N) is 1. The number of amides is 1. The average molecular weight is 285 g/mol. The molecule has 2 fully saturated rings. The molecule has 0 radical (unpaired) electrons. The zero-order chi connectivity index (χ0) is 14.5. The van der Waals surface area contributed by atoms with Crippen molar-refractivity contribution >= 4 is 11.9 Å². The second-order valence-electron chi connectivity index (χ2n) is 5.51. The summed E-state index contributed by atoms with van der Waals surface area (Å²) >= 11 is 0. The van der Waals surface area contributed by atoms with E-state index in [1.807, 2.05) is 11.8 Å². The summed E-state index contributed by atoms with van der Waals surface area (Å²) in [7, 11) is 0. The highest BCUT2D eigenvalue weighted by Crippen LogP contribution is 2.25. The molecule has 6 nitrogen and oxygen atoms in total. The molecule has 0 spiro atoms. The average Bonchev–Trinajstić information content (AvgIpc) is 2.84. The van der Waals surface area contributed by atoms with E-state index < -0.39 is 5.97 Å². The van der Waals surface area contributed by atoms with Gasteiger partial charge in [0, 0.05) is 19.7 Å². The molecule has 6 heteroatoms. The van der Waals surface area contributed by atoms with Crippen LogP contribution < -0.4 is 0 Å². The van der Waals surface area contributed by atoms with Crippen LogP contribution in [0.5, 0.6) is 0 Å². The lowest BCUT2D eigenvalue weighted by Gasteiger charge is -2.34. The molecule has 2 unspecified atom stereocenters. The molecule has 0 saturated carbocycles. The van der Waals surface area contributed by atoms with Gasteiger partial charge in [-0.15, -0.1) is 0 Å². The Bertz CT molecular complexity index is 351. The van der Waals surface area contributed by atoms with E-state index in [4.69, 9.17) is 14.6 Å². The van der Waals surface area contributed by atoms with Crippen molar-refractivity contribution in [1.82, 2.24) is 4.90 Å². The highest BCUT2D eigenvalue weighted by molar-refractivity contribution is 5.79. The van der Waals surface area contributed by atoms with E-state index in [1.54, 1.807) is 0 Å². The highest BCUT2D eigenvalue weighted by Gasteiger charge is 2.35. The third-order valence-electron chi connectivity index (χ3n) is 4.12. The van der Waals surface area contributed by atoms with Gasteiger partial charge < -0.3 is 19.5 Å². The summed E-state index contributed by atoms with van der Waals surface area (Å²) in [5.74, 6) is -0.647. The Hall–Kier alpha value is -1.14.